The summed E-state index contributed by atoms with van der Waals surface area (Å²) in [4.78, 5) is 21.8. The first-order valence-electron chi connectivity index (χ1n) is 6.67. The van der Waals surface area contributed by atoms with Crippen LogP contribution >= 0.6 is 11.8 Å². The summed E-state index contributed by atoms with van der Waals surface area (Å²) < 4.78 is 5.53. The molecule has 0 bridgehead atoms. The Labute approximate surface area is 122 Å². The molecule has 2 heterocycles. The van der Waals surface area contributed by atoms with Crippen LogP contribution in [0.4, 0.5) is 5.95 Å². The number of carboxylic acid groups (broad SMARTS) is 1. The second-order valence-electron chi connectivity index (χ2n) is 4.62. The van der Waals surface area contributed by atoms with Crippen LogP contribution in [0, 0.1) is 6.92 Å². The lowest BCUT2D eigenvalue weighted by atomic mass is 10.3. The van der Waals surface area contributed by atoms with E-state index in [0.717, 1.165) is 17.9 Å². The lowest BCUT2D eigenvalue weighted by molar-refractivity contribution is -0.138. The molecule has 0 aliphatic carbocycles. The summed E-state index contributed by atoms with van der Waals surface area (Å²) in [5, 5.41) is 9.31. The summed E-state index contributed by atoms with van der Waals surface area (Å²) in [7, 11) is 0. The maximum atomic E-state index is 11.3. The zero-order chi connectivity index (χ0) is 14.5. The van der Waals surface area contributed by atoms with Crippen molar-refractivity contribution < 1.29 is 14.6 Å². The van der Waals surface area contributed by atoms with Gasteiger partial charge in [-0.1, -0.05) is 6.92 Å². The van der Waals surface area contributed by atoms with Crippen molar-refractivity contribution in [3.05, 3.63) is 11.8 Å². The summed E-state index contributed by atoms with van der Waals surface area (Å²) in [6, 6.07) is 1.20. The van der Waals surface area contributed by atoms with Crippen LogP contribution in [0.1, 0.15) is 19.0 Å². The molecule has 20 heavy (non-hydrogen) atoms. The Kier molecular flexibility index (Phi) is 5.05. The summed E-state index contributed by atoms with van der Waals surface area (Å²) in [6.07, 6.45) is 0.899. The molecule has 0 radical (unpaired) electrons. The molecule has 1 aromatic rings. The Balaban J connectivity index is 2.25. The fourth-order valence-electron chi connectivity index (χ4n) is 1.98. The quantitative estimate of drug-likeness (QED) is 0.884. The highest BCUT2D eigenvalue weighted by Gasteiger charge is 2.31. The number of anilines is 1. The first-order chi connectivity index (χ1) is 9.61. The molecule has 0 spiro atoms. The van der Waals surface area contributed by atoms with Crippen LogP contribution in [-0.2, 0) is 4.79 Å². The van der Waals surface area contributed by atoms with E-state index < -0.39 is 12.0 Å². The van der Waals surface area contributed by atoms with Crippen LogP contribution in [0.25, 0.3) is 0 Å². The van der Waals surface area contributed by atoms with Crippen LogP contribution in [0.2, 0.25) is 0 Å². The zero-order valence-electron chi connectivity index (χ0n) is 11.7. The van der Waals surface area contributed by atoms with Crippen LogP contribution in [-0.4, -0.2) is 51.7 Å². The normalized spacial score (nSPS) is 18.9. The van der Waals surface area contributed by atoms with Gasteiger partial charge in [-0.3, -0.25) is 0 Å². The molecule has 110 valence electrons. The van der Waals surface area contributed by atoms with Gasteiger partial charge in [-0.2, -0.15) is 16.7 Å². The Morgan fingerprint density at radius 1 is 1.60 bits per heavy atom. The minimum absolute atomic E-state index is 0.448. The van der Waals surface area contributed by atoms with Crippen molar-refractivity contribution in [3.63, 3.8) is 0 Å². The highest BCUT2D eigenvalue weighted by molar-refractivity contribution is 7.99. The highest BCUT2D eigenvalue weighted by atomic mass is 32.2. The first-order valence-corrected chi connectivity index (χ1v) is 7.83. The third-order valence-corrected chi connectivity index (χ3v) is 3.97. The van der Waals surface area contributed by atoms with Gasteiger partial charge in [0.05, 0.1) is 6.61 Å². The average Bonchev–Trinajstić information content (AvgIpc) is 2.44. The molecule has 6 nitrogen and oxygen atoms in total. The number of aliphatic carboxylic acids is 1. The number of hydrogen-bond donors (Lipinski definition) is 1. The van der Waals surface area contributed by atoms with Gasteiger partial charge in [0.15, 0.2) is 0 Å². The molecule has 1 N–H and O–H groups in total. The van der Waals surface area contributed by atoms with Gasteiger partial charge in [0.1, 0.15) is 6.04 Å². The van der Waals surface area contributed by atoms with Crippen molar-refractivity contribution in [2.24, 2.45) is 0 Å². The average molecular weight is 297 g/mol. The van der Waals surface area contributed by atoms with Crippen molar-refractivity contribution in [2.75, 3.05) is 29.6 Å². The number of ether oxygens (including phenoxy) is 1. The molecule has 0 saturated carbocycles. The van der Waals surface area contributed by atoms with E-state index in [9.17, 15) is 9.90 Å². The van der Waals surface area contributed by atoms with Gasteiger partial charge in [-0.05, 0) is 13.3 Å². The number of rotatable bonds is 5. The number of aromatic nitrogens is 2. The topological polar surface area (TPSA) is 75.5 Å². The van der Waals surface area contributed by atoms with Crippen LogP contribution in [0.15, 0.2) is 6.07 Å². The number of carboxylic acids is 1. The maximum Gasteiger partial charge on any atom is 0.327 e. The van der Waals surface area contributed by atoms with Crippen molar-refractivity contribution in [2.45, 2.75) is 26.3 Å². The Hall–Kier alpha value is -1.50. The molecular formula is C13H19N3O3S. The summed E-state index contributed by atoms with van der Waals surface area (Å²) in [5.41, 5.74) is 0.781. The lowest BCUT2D eigenvalue weighted by Gasteiger charge is -2.32. The molecule has 0 amide bonds. The molecule has 1 aromatic heterocycles. The van der Waals surface area contributed by atoms with Gasteiger partial charge in [0.25, 0.3) is 0 Å². The van der Waals surface area contributed by atoms with E-state index in [4.69, 9.17) is 4.74 Å². The lowest BCUT2D eigenvalue weighted by Crippen LogP contribution is -2.48. The summed E-state index contributed by atoms with van der Waals surface area (Å²) in [6.45, 7) is 5.11. The SMILES string of the molecule is CCCOc1cc(C)nc(N2CCSCC2C(=O)O)n1. The van der Waals surface area contributed by atoms with E-state index in [0.29, 0.717) is 30.7 Å². The molecule has 2 rings (SSSR count). The van der Waals surface area contributed by atoms with Gasteiger partial charge in [-0.25, -0.2) is 9.78 Å². The fraction of sp³-hybridized carbons (Fsp3) is 0.615. The van der Waals surface area contributed by atoms with Crippen molar-refractivity contribution >= 4 is 23.7 Å². The third-order valence-electron chi connectivity index (χ3n) is 2.94. The Morgan fingerprint density at radius 2 is 2.40 bits per heavy atom. The molecule has 1 aliphatic rings. The molecule has 1 unspecified atom stereocenters. The van der Waals surface area contributed by atoms with E-state index in [2.05, 4.69) is 9.97 Å². The number of thioether (sulfide) groups is 1. The van der Waals surface area contributed by atoms with Crippen LogP contribution in [0.3, 0.4) is 0 Å². The summed E-state index contributed by atoms with van der Waals surface area (Å²) >= 11 is 1.64. The minimum Gasteiger partial charge on any atom is -0.480 e. The van der Waals surface area contributed by atoms with E-state index in [1.165, 1.54) is 0 Å². The molecule has 1 saturated heterocycles. The molecule has 1 atom stereocenters. The monoisotopic (exact) mass is 297 g/mol. The van der Waals surface area contributed by atoms with E-state index >= 15 is 0 Å². The predicted molar refractivity (Wildman–Crippen MR) is 78.6 cm³/mol. The van der Waals surface area contributed by atoms with Gasteiger partial charge in [0, 0.05) is 29.8 Å². The van der Waals surface area contributed by atoms with Crippen molar-refractivity contribution in [3.8, 4) is 5.88 Å². The van der Waals surface area contributed by atoms with Gasteiger partial charge in [-0.15, -0.1) is 0 Å². The Bertz CT molecular complexity index is 484. The minimum atomic E-state index is -0.835. The number of carbonyl (C=O) groups is 1. The molecular weight excluding hydrogens is 278 g/mol. The van der Waals surface area contributed by atoms with Crippen LogP contribution in [0.5, 0.6) is 5.88 Å². The van der Waals surface area contributed by atoms with Gasteiger partial charge in [0.2, 0.25) is 11.8 Å². The third kappa shape index (κ3) is 3.53. The number of aryl methyl sites for hydroxylation is 1. The number of hydrogen-bond acceptors (Lipinski definition) is 6. The summed E-state index contributed by atoms with van der Waals surface area (Å²) in [5.74, 6) is 1.56. The second-order valence-corrected chi connectivity index (χ2v) is 5.77. The first kappa shape index (κ1) is 14.9. The molecule has 7 heteroatoms. The fourth-order valence-corrected chi connectivity index (χ4v) is 3.02. The van der Waals surface area contributed by atoms with Crippen molar-refractivity contribution in [1.82, 2.24) is 9.97 Å². The van der Waals surface area contributed by atoms with Gasteiger partial charge >= 0.3 is 5.97 Å². The maximum absolute atomic E-state index is 11.3. The van der Waals surface area contributed by atoms with Gasteiger partial charge < -0.3 is 14.7 Å². The Morgan fingerprint density at radius 3 is 3.10 bits per heavy atom. The standard InChI is InChI=1S/C13H19N3O3S/c1-3-5-19-11-7-9(2)14-13(15-11)16-4-6-20-8-10(16)12(17)18/h7,10H,3-6,8H2,1-2H3,(H,17,18). The molecule has 1 fully saturated rings. The van der Waals surface area contributed by atoms with Crippen molar-refractivity contribution in [1.29, 1.82) is 0 Å². The second kappa shape index (κ2) is 6.78. The van der Waals surface area contributed by atoms with E-state index in [1.54, 1.807) is 22.7 Å². The highest BCUT2D eigenvalue weighted by Crippen LogP contribution is 2.23. The smallest absolute Gasteiger partial charge is 0.327 e. The number of nitrogens with zero attached hydrogens (tertiary/aromatic N) is 3. The van der Waals surface area contributed by atoms with E-state index in [-0.39, 0.29) is 0 Å². The molecule has 1 aliphatic heterocycles. The zero-order valence-corrected chi connectivity index (χ0v) is 12.5. The predicted octanol–water partition coefficient (Wildman–Crippen LogP) is 1.58. The molecule has 0 aromatic carbocycles. The largest absolute Gasteiger partial charge is 0.480 e. The van der Waals surface area contributed by atoms with Crippen LogP contribution < -0.4 is 9.64 Å². The van der Waals surface area contributed by atoms with E-state index in [1.807, 2.05) is 13.8 Å².